The highest BCUT2D eigenvalue weighted by molar-refractivity contribution is 5.44. The third-order valence-electron chi connectivity index (χ3n) is 5.16. The van der Waals surface area contributed by atoms with Crippen LogP contribution in [0.3, 0.4) is 0 Å². The SMILES string of the molecule is Cc1cc(NCc2ccccc2F)nc(N2CCN(Cc3ccccc3)CC2)n1. The molecule has 150 valence electrons. The molecular weight excluding hydrogens is 365 g/mol. The van der Waals surface area contributed by atoms with Crippen molar-refractivity contribution < 1.29 is 4.39 Å². The quantitative estimate of drug-likeness (QED) is 0.691. The third kappa shape index (κ3) is 5.09. The number of halogens is 1. The van der Waals surface area contributed by atoms with Gasteiger partial charge in [0.1, 0.15) is 11.6 Å². The summed E-state index contributed by atoms with van der Waals surface area (Å²) in [7, 11) is 0. The second-order valence-corrected chi connectivity index (χ2v) is 7.39. The van der Waals surface area contributed by atoms with E-state index in [4.69, 9.17) is 0 Å². The van der Waals surface area contributed by atoms with Gasteiger partial charge in [-0.05, 0) is 18.6 Å². The molecule has 0 spiro atoms. The van der Waals surface area contributed by atoms with Gasteiger partial charge in [0.15, 0.2) is 0 Å². The predicted molar refractivity (Wildman–Crippen MR) is 114 cm³/mol. The van der Waals surface area contributed by atoms with Crippen LogP contribution in [-0.4, -0.2) is 41.0 Å². The molecule has 3 aromatic rings. The van der Waals surface area contributed by atoms with Gasteiger partial charge in [-0.1, -0.05) is 48.5 Å². The molecule has 5 nitrogen and oxygen atoms in total. The summed E-state index contributed by atoms with van der Waals surface area (Å²) >= 11 is 0. The molecule has 6 heteroatoms. The number of aryl methyl sites for hydroxylation is 1. The molecule has 0 atom stereocenters. The molecule has 2 aromatic carbocycles. The van der Waals surface area contributed by atoms with Gasteiger partial charge in [-0.2, -0.15) is 4.98 Å². The minimum absolute atomic E-state index is 0.208. The fourth-order valence-corrected chi connectivity index (χ4v) is 3.56. The van der Waals surface area contributed by atoms with Crippen molar-refractivity contribution in [3.05, 3.63) is 83.3 Å². The van der Waals surface area contributed by atoms with E-state index in [9.17, 15) is 4.39 Å². The van der Waals surface area contributed by atoms with Gasteiger partial charge in [-0.25, -0.2) is 9.37 Å². The van der Waals surface area contributed by atoms with Crippen LogP contribution in [0.1, 0.15) is 16.8 Å². The highest BCUT2D eigenvalue weighted by Crippen LogP contribution is 2.18. The van der Waals surface area contributed by atoms with Crippen molar-refractivity contribution >= 4 is 11.8 Å². The number of nitrogens with one attached hydrogen (secondary N) is 1. The fourth-order valence-electron chi connectivity index (χ4n) is 3.56. The highest BCUT2D eigenvalue weighted by Gasteiger charge is 2.19. The number of hydrogen-bond donors (Lipinski definition) is 1. The van der Waals surface area contributed by atoms with Crippen LogP contribution in [0.4, 0.5) is 16.2 Å². The molecule has 0 radical (unpaired) electrons. The van der Waals surface area contributed by atoms with E-state index in [0.717, 1.165) is 50.2 Å². The van der Waals surface area contributed by atoms with Crippen LogP contribution in [0.5, 0.6) is 0 Å². The van der Waals surface area contributed by atoms with E-state index in [0.29, 0.717) is 12.1 Å². The Kier molecular flexibility index (Phi) is 6.00. The molecule has 0 aliphatic carbocycles. The van der Waals surface area contributed by atoms with Crippen LogP contribution >= 0.6 is 0 Å². The van der Waals surface area contributed by atoms with Crippen molar-refractivity contribution in [2.75, 3.05) is 36.4 Å². The van der Waals surface area contributed by atoms with Crippen LogP contribution in [0.2, 0.25) is 0 Å². The standard InChI is InChI=1S/C23H26FN5/c1-18-15-22(25-16-20-9-5-6-10-21(20)24)27-23(26-18)29-13-11-28(12-14-29)17-19-7-3-2-4-8-19/h2-10,15H,11-14,16-17H2,1H3,(H,25,26,27). The zero-order valence-electron chi connectivity index (χ0n) is 16.7. The summed E-state index contributed by atoms with van der Waals surface area (Å²) in [5.41, 5.74) is 2.87. The lowest BCUT2D eigenvalue weighted by Crippen LogP contribution is -2.46. The minimum atomic E-state index is -0.208. The van der Waals surface area contributed by atoms with Crippen LogP contribution in [0, 0.1) is 12.7 Å². The molecule has 29 heavy (non-hydrogen) atoms. The van der Waals surface area contributed by atoms with Crippen LogP contribution in [0.25, 0.3) is 0 Å². The van der Waals surface area contributed by atoms with E-state index in [2.05, 4.69) is 49.4 Å². The number of rotatable bonds is 6. The molecule has 0 saturated carbocycles. The molecule has 1 aliphatic heterocycles. The van der Waals surface area contributed by atoms with E-state index in [-0.39, 0.29) is 5.82 Å². The van der Waals surface area contributed by atoms with Crippen LogP contribution in [-0.2, 0) is 13.1 Å². The first-order chi connectivity index (χ1) is 14.2. The number of hydrogen-bond acceptors (Lipinski definition) is 5. The number of benzene rings is 2. The van der Waals surface area contributed by atoms with Crippen molar-refractivity contribution in [3.63, 3.8) is 0 Å². The maximum atomic E-state index is 13.8. The van der Waals surface area contributed by atoms with Crippen molar-refractivity contribution in [2.45, 2.75) is 20.0 Å². The summed E-state index contributed by atoms with van der Waals surface area (Å²) in [4.78, 5) is 14.0. The Hall–Kier alpha value is -2.99. The minimum Gasteiger partial charge on any atom is -0.366 e. The highest BCUT2D eigenvalue weighted by atomic mass is 19.1. The summed E-state index contributed by atoms with van der Waals surface area (Å²) in [6, 6.07) is 19.3. The van der Waals surface area contributed by atoms with E-state index in [1.165, 1.54) is 11.6 Å². The largest absolute Gasteiger partial charge is 0.366 e. The lowest BCUT2D eigenvalue weighted by Gasteiger charge is -2.35. The van der Waals surface area contributed by atoms with E-state index < -0.39 is 0 Å². The molecule has 1 aromatic heterocycles. The Balaban J connectivity index is 1.37. The van der Waals surface area contributed by atoms with Gasteiger partial charge in [0, 0.05) is 56.6 Å². The molecule has 1 fully saturated rings. The van der Waals surface area contributed by atoms with Gasteiger partial charge in [0.05, 0.1) is 0 Å². The third-order valence-corrected chi connectivity index (χ3v) is 5.16. The van der Waals surface area contributed by atoms with Gasteiger partial charge in [0.2, 0.25) is 5.95 Å². The summed E-state index contributed by atoms with van der Waals surface area (Å²) in [6.07, 6.45) is 0. The Morgan fingerprint density at radius 2 is 1.66 bits per heavy atom. The lowest BCUT2D eigenvalue weighted by molar-refractivity contribution is 0.248. The molecule has 1 aliphatic rings. The second kappa shape index (κ2) is 9.01. The van der Waals surface area contributed by atoms with E-state index in [1.807, 2.05) is 25.1 Å². The zero-order chi connectivity index (χ0) is 20.1. The summed E-state index contributed by atoms with van der Waals surface area (Å²) in [6.45, 7) is 7.07. The normalized spacial score (nSPS) is 14.8. The monoisotopic (exact) mass is 391 g/mol. The smallest absolute Gasteiger partial charge is 0.227 e. The topological polar surface area (TPSA) is 44.3 Å². The van der Waals surface area contributed by atoms with Crippen molar-refractivity contribution in [2.24, 2.45) is 0 Å². The Labute approximate surface area is 171 Å². The molecule has 4 rings (SSSR count). The van der Waals surface area contributed by atoms with Gasteiger partial charge in [-0.15, -0.1) is 0 Å². The van der Waals surface area contributed by atoms with Crippen molar-refractivity contribution in [1.82, 2.24) is 14.9 Å². The molecule has 0 bridgehead atoms. The molecule has 1 N–H and O–H groups in total. The molecule has 1 saturated heterocycles. The van der Waals surface area contributed by atoms with Crippen LogP contribution < -0.4 is 10.2 Å². The van der Waals surface area contributed by atoms with Gasteiger partial charge in [-0.3, -0.25) is 4.90 Å². The first-order valence-electron chi connectivity index (χ1n) is 10.0. The van der Waals surface area contributed by atoms with Crippen molar-refractivity contribution in [3.8, 4) is 0 Å². The second-order valence-electron chi connectivity index (χ2n) is 7.39. The Bertz CT molecular complexity index is 939. The Morgan fingerprint density at radius 3 is 2.41 bits per heavy atom. The van der Waals surface area contributed by atoms with Gasteiger partial charge < -0.3 is 10.2 Å². The maximum Gasteiger partial charge on any atom is 0.227 e. The average Bonchev–Trinajstić information content (AvgIpc) is 2.74. The number of piperazine rings is 1. The molecule has 0 amide bonds. The summed E-state index contributed by atoms with van der Waals surface area (Å²) in [5.74, 6) is 1.25. The van der Waals surface area contributed by atoms with Crippen LogP contribution in [0.15, 0.2) is 60.7 Å². The average molecular weight is 391 g/mol. The van der Waals surface area contributed by atoms with Crippen molar-refractivity contribution in [1.29, 1.82) is 0 Å². The summed E-state index contributed by atoms with van der Waals surface area (Å²) in [5, 5.41) is 3.24. The van der Waals surface area contributed by atoms with Gasteiger partial charge in [0.25, 0.3) is 0 Å². The molecule has 2 heterocycles. The number of anilines is 2. The first-order valence-corrected chi connectivity index (χ1v) is 10.0. The zero-order valence-corrected chi connectivity index (χ0v) is 16.7. The first kappa shape index (κ1) is 19.3. The predicted octanol–water partition coefficient (Wildman–Crippen LogP) is 3.86. The number of aromatic nitrogens is 2. The lowest BCUT2D eigenvalue weighted by atomic mass is 10.2. The van der Waals surface area contributed by atoms with E-state index in [1.54, 1.807) is 12.1 Å². The fraction of sp³-hybridized carbons (Fsp3) is 0.304. The Morgan fingerprint density at radius 1 is 0.931 bits per heavy atom. The maximum absolute atomic E-state index is 13.8. The van der Waals surface area contributed by atoms with E-state index >= 15 is 0 Å². The van der Waals surface area contributed by atoms with Gasteiger partial charge >= 0.3 is 0 Å². The number of nitrogens with zero attached hydrogens (tertiary/aromatic N) is 4. The molecular formula is C23H26FN5. The summed E-state index contributed by atoms with van der Waals surface area (Å²) < 4.78 is 13.8. The molecule has 0 unspecified atom stereocenters.